The van der Waals surface area contributed by atoms with Crippen LogP contribution in [0.15, 0.2) is 59.4 Å². The van der Waals surface area contributed by atoms with Crippen LogP contribution in [0.2, 0.25) is 10.0 Å². The van der Waals surface area contributed by atoms with E-state index in [2.05, 4.69) is 0 Å². The number of carboxylic acids is 1. The van der Waals surface area contributed by atoms with Crippen LogP contribution in [-0.4, -0.2) is 22.2 Å². The van der Waals surface area contributed by atoms with E-state index < -0.39 is 5.97 Å². The van der Waals surface area contributed by atoms with Crippen molar-refractivity contribution in [2.45, 2.75) is 33.4 Å². The van der Waals surface area contributed by atoms with E-state index in [0.29, 0.717) is 41.8 Å². The fraction of sp³-hybridized carbons (Fsp3) is 0.231. The molecular formula is C26H25Cl2NO5. The lowest BCUT2D eigenvalue weighted by Gasteiger charge is -2.18. The van der Waals surface area contributed by atoms with Crippen LogP contribution >= 0.6 is 23.2 Å². The van der Waals surface area contributed by atoms with E-state index in [9.17, 15) is 9.59 Å². The predicted molar refractivity (Wildman–Crippen MR) is 134 cm³/mol. The lowest BCUT2D eigenvalue weighted by Crippen LogP contribution is -2.26. The Labute approximate surface area is 208 Å². The normalized spacial score (nSPS) is 11.1. The number of aromatic carboxylic acids is 1. The molecule has 0 unspecified atom stereocenters. The molecule has 34 heavy (non-hydrogen) atoms. The van der Waals surface area contributed by atoms with Gasteiger partial charge in [0.15, 0.2) is 11.5 Å². The first-order chi connectivity index (χ1) is 16.3. The Morgan fingerprint density at radius 3 is 2.41 bits per heavy atom. The van der Waals surface area contributed by atoms with Gasteiger partial charge in [-0.2, -0.15) is 0 Å². The second-order valence-corrected chi connectivity index (χ2v) is 8.24. The molecule has 0 spiro atoms. The summed E-state index contributed by atoms with van der Waals surface area (Å²) in [5.41, 5.74) is 2.13. The molecule has 3 aromatic rings. The first kappa shape index (κ1) is 25.4. The van der Waals surface area contributed by atoms with Gasteiger partial charge in [-0.3, -0.25) is 4.79 Å². The van der Waals surface area contributed by atoms with Crippen LogP contribution < -0.4 is 15.0 Å². The number of halogens is 2. The minimum atomic E-state index is -0.992. The molecule has 0 fully saturated rings. The molecular weight excluding hydrogens is 477 g/mol. The second kappa shape index (κ2) is 11.8. The highest BCUT2D eigenvalue weighted by atomic mass is 35.5. The number of hydrogen-bond donors (Lipinski definition) is 1. The van der Waals surface area contributed by atoms with E-state index in [-0.39, 0.29) is 22.8 Å². The van der Waals surface area contributed by atoms with Crippen molar-refractivity contribution in [1.29, 1.82) is 0 Å². The van der Waals surface area contributed by atoms with Gasteiger partial charge in [-0.05, 0) is 61.7 Å². The summed E-state index contributed by atoms with van der Waals surface area (Å²) in [6.45, 7) is 4.62. The fourth-order valence-corrected chi connectivity index (χ4v) is 3.96. The lowest BCUT2D eigenvalue weighted by atomic mass is 10.1. The van der Waals surface area contributed by atoms with Crippen molar-refractivity contribution in [2.75, 3.05) is 6.61 Å². The minimum Gasteiger partial charge on any atom is -0.490 e. The van der Waals surface area contributed by atoms with Gasteiger partial charge in [0.05, 0.1) is 22.9 Å². The number of aromatic nitrogens is 1. The monoisotopic (exact) mass is 501 g/mol. The molecule has 0 saturated heterocycles. The fourth-order valence-electron chi connectivity index (χ4n) is 3.43. The second-order valence-electron chi connectivity index (χ2n) is 7.42. The maximum atomic E-state index is 12.8. The molecule has 3 rings (SSSR count). The number of benzene rings is 2. The van der Waals surface area contributed by atoms with Crippen LogP contribution in [-0.2, 0) is 19.6 Å². The van der Waals surface area contributed by atoms with Crippen LogP contribution in [0.4, 0.5) is 0 Å². The van der Waals surface area contributed by atoms with Crippen LogP contribution in [0.1, 0.15) is 41.0 Å². The molecule has 0 bridgehead atoms. The molecule has 1 heterocycles. The summed E-state index contributed by atoms with van der Waals surface area (Å²) in [4.78, 5) is 23.9. The van der Waals surface area contributed by atoms with Crippen molar-refractivity contribution in [3.63, 3.8) is 0 Å². The first-order valence-electron chi connectivity index (χ1n) is 10.8. The van der Waals surface area contributed by atoms with E-state index in [1.807, 2.05) is 44.2 Å². The third-order valence-electron chi connectivity index (χ3n) is 5.12. The molecule has 8 heteroatoms. The van der Waals surface area contributed by atoms with Crippen LogP contribution in [0, 0.1) is 0 Å². The molecule has 6 nitrogen and oxygen atoms in total. The Morgan fingerprint density at radius 2 is 1.76 bits per heavy atom. The number of rotatable bonds is 10. The smallest absolute Gasteiger partial charge is 0.335 e. The zero-order valence-corrected chi connectivity index (χ0v) is 20.4. The van der Waals surface area contributed by atoms with Crippen molar-refractivity contribution in [3.05, 3.63) is 97.4 Å². The highest BCUT2D eigenvalue weighted by Crippen LogP contribution is 2.31. The summed E-state index contributed by atoms with van der Waals surface area (Å²) < 4.78 is 13.2. The Bertz CT molecular complexity index is 1250. The number of allylic oxidation sites excluding steroid dienone is 1. The van der Waals surface area contributed by atoms with Crippen LogP contribution in [0.25, 0.3) is 6.08 Å². The van der Waals surface area contributed by atoms with E-state index >= 15 is 0 Å². The minimum absolute atomic E-state index is 0.0139. The third-order valence-corrected chi connectivity index (χ3v) is 5.72. The number of nitrogens with zero attached hydrogens (tertiary/aromatic N) is 1. The molecule has 0 aliphatic carbocycles. The van der Waals surface area contributed by atoms with Crippen molar-refractivity contribution in [1.82, 2.24) is 4.57 Å². The summed E-state index contributed by atoms with van der Waals surface area (Å²) in [5.74, 6) is 0.133. The Balaban J connectivity index is 1.87. The number of carboxylic acid groups (broad SMARTS) is 1. The summed E-state index contributed by atoms with van der Waals surface area (Å²) >= 11 is 12.6. The van der Waals surface area contributed by atoms with Gasteiger partial charge >= 0.3 is 5.97 Å². The Kier molecular flexibility index (Phi) is 8.79. The number of carbonyl (C=O) groups is 1. The standard InChI is InChI=1S/C26H25Cl2NO5/c1-3-5-18-8-11-23(33-4-2)24(14-18)34-16-22-20(27)15-21(28)25(30)29(22)13-12-17-6-9-19(10-7-17)26(31)32/h3,5-11,14-15H,4,12-13,16H2,1-2H3,(H,31,32). The number of aryl methyl sites for hydroxylation is 1. The van der Waals surface area contributed by atoms with Crippen LogP contribution in [0.5, 0.6) is 11.5 Å². The zero-order valence-electron chi connectivity index (χ0n) is 18.9. The van der Waals surface area contributed by atoms with E-state index in [4.69, 9.17) is 37.8 Å². The van der Waals surface area contributed by atoms with E-state index in [1.54, 1.807) is 12.1 Å². The van der Waals surface area contributed by atoms with Gasteiger partial charge in [0, 0.05) is 6.54 Å². The number of pyridine rings is 1. The SMILES string of the molecule is CC=Cc1ccc(OCC)c(OCc2c(Cl)cc(Cl)c(=O)n2CCc2ccc(C(=O)O)cc2)c1. The summed E-state index contributed by atoms with van der Waals surface area (Å²) in [5, 5.41) is 9.40. The third kappa shape index (κ3) is 6.22. The topological polar surface area (TPSA) is 77.8 Å². The summed E-state index contributed by atoms with van der Waals surface area (Å²) in [6.07, 6.45) is 4.35. The largest absolute Gasteiger partial charge is 0.490 e. The van der Waals surface area contributed by atoms with Gasteiger partial charge in [0.1, 0.15) is 11.6 Å². The molecule has 0 amide bonds. The van der Waals surface area contributed by atoms with E-state index in [1.165, 1.54) is 22.8 Å². The van der Waals surface area contributed by atoms with Crippen molar-refractivity contribution < 1.29 is 19.4 Å². The molecule has 1 aromatic heterocycles. The highest BCUT2D eigenvalue weighted by Gasteiger charge is 2.15. The first-order valence-corrected chi connectivity index (χ1v) is 11.5. The van der Waals surface area contributed by atoms with Gasteiger partial charge in [-0.25, -0.2) is 4.79 Å². The quantitative estimate of drug-likeness (QED) is 0.362. The van der Waals surface area contributed by atoms with Gasteiger partial charge in [-0.1, -0.05) is 53.6 Å². The highest BCUT2D eigenvalue weighted by molar-refractivity contribution is 6.34. The number of ether oxygens (including phenoxy) is 2. The van der Waals surface area contributed by atoms with Crippen molar-refractivity contribution in [2.24, 2.45) is 0 Å². The zero-order chi connectivity index (χ0) is 24.7. The molecule has 0 atom stereocenters. The van der Waals surface area contributed by atoms with Gasteiger partial charge < -0.3 is 19.1 Å². The molecule has 1 N–H and O–H groups in total. The van der Waals surface area contributed by atoms with E-state index in [0.717, 1.165) is 11.1 Å². The maximum Gasteiger partial charge on any atom is 0.335 e. The van der Waals surface area contributed by atoms with Gasteiger partial charge in [-0.15, -0.1) is 0 Å². The molecule has 0 radical (unpaired) electrons. The molecule has 0 saturated carbocycles. The molecule has 0 aliphatic rings. The average molecular weight is 502 g/mol. The predicted octanol–water partition coefficient (Wildman–Crippen LogP) is 6.11. The molecule has 2 aromatic carbocycles. The molecule has 178 valence electrons. The lowest BCUT2D eigenvalue weighted by molar-refractivity contribution is 0.0697. The van der Waals surface area contributed by atoms with Crippen molar-refractivity contribution >= 4 is 35.2 Å². The average Bonchev–Trinajstić information content (AvgIpc) is 2.81. The Hall–Kier alpha value is -3.22. The van der Waals surface area contributed by atoms with Gasteiger partial charge in [0.25, 0.3) is 5.56 Å². The maximum absolute atomic E-state index is 12.8. The summed E-state index contributed by atoms with van der Waals surface area (Å²) in [6, 6.07) is 13.5. The summed E-state index contributed by atoms with van der Waals surface area (Å²) in [7, 11) is 0. The van der Waals surface area contributed by atoms with Crippen LogP contribution in [0.3, 0.4) is 0 Å². The molecule has 0 aliphatic heterocycles. The van der Waals surface area contributed by atoms with Crippen molar-refractivity contribution in [3.8, 4) is 11.5 Å². The Morgan fingerprint density at radius 1 is 1.03 bits per heavy atom. The van der Waals surface area contributed by atoms with Gasteiger partial charge in [0.2, 0.25) is 0 Å². The number of hydrogen-bond acceptors (Lipinski definition) is 4.